The third-order valence-corrected chi connectivity index (χ3v) is 3.04. The summed E-state index contributed by atoms with van der Waals surface area (Å²) in [4.78, 5) is 0. The first kappa shape index (κ1) is 11.6. The van der Waals surface area contributed by atoms with Crippen molar-refractivity contribution in [3.05, 3.63) is 35.4 Å². The van der Waals surface area contributed by atoms with Crippen LogP contribution in [0.3, 0.4) is 0 Å². The van der Waals surface area contributed by atoms with Crippen LogP contribution in [0.1, 0.15) is 30.1 Å². The molecule has 0 amide bonds. The minimum absolute atomic E-state index is 0.0912. The number of rotatable bonds is 4. The van der Waals surface area contributed by atoms with E-state index in [0.29, 0.717) is 26.0 Å². The second-order valence-electron chi connectivity index (χ2n) is 4.22. The minimum Gasteiger partial charge on any atom is -0.373 e. The number of halogens is 1. The molecule has 2 N–H and O–H groups in total. The Morgan fingerprint density at radius 2 is 2.25 bits per heavy atom. The van der Waals surface area contributed by atoms with Gasteiger partial charge in [-0.3, -0.25) is 0 Å². The Kier molecular flexibility index (Phi) is 3.91. The van der Waals surface area contributed by atoms with Crippen LogP contribution >= 0.6 is 0 Å². The summed E-state index contributed by atoms with van der Waals surface area (Å²) >= 11 is 0. The van der Waals surface area contributed by atoms with Gasteiger partial charge in [0.25, 0.3) is 0 Å². The summed E-state index contributed by atoms with van der Waals surface area (Å²) in [6.07, 6.45) is 0.823. The van der Waals surface area contributed by atoms with E-state index >= 15 is 0 Å². The van der Waals surface area contributed by atoms with E-state index < -0.39 is 6.17 Å². The normalized spacial score (nSPS) is 21.5. The monoisotopic (exact) mass is 223 g/mol. The lowest BCUT2D eigenvalue weighted by atomic mass is 9.94. The molecule has 0 radical (unpaired) electrons. The largest absolute Gasteiger partial charge is 0.373 e. The van der Waals surface area contributed by atoms with Crippen LogP contribution in [0, 0.1) is 0 Å². The van der Waals surface area contributed by atoms with Gasteiger partial charge in [0, 0.05) is 6.42 Å². The molecule has 1 aromatic rings. The fourth-order valence-electron chi connectivity index (χ4n) is 2.20. The van der Waals surface area contributed by atoms with Crippen LogP contribution in [0.4, 0.5) is 4.39 Å². The van der Waals surface area contributed by atoms with Gasteiger partial charge in [-0.15, -0.1) is 0 Å². The summed E-state index contributed by atoms with van der Waals surface area (Å²) in [5, 5.41) is 0. The van der Waals surface area contributed by atoms with Gasteiger partial charge in [0.2, 0.25) is 0 Å². The highest BCUT2D eigenvalue weighted by Gasteiger charge is 2.23. The number of fused-ring (bicyclic) bond motifs is 1. The van der Waals surface area contributed by atoms with E-state index in [4.69, 9.17) is 10.5 Å². The van der Waals surface area contributed by atoms with Crippen LogP contribution in [-0.2, 0) is 11.2 Å². The van der Waals surface area contributed by atoms with Crippen molar-refractivity contribution in [2.75, 3.05) is 13.2 Å². The molecule has 2 rings (SSSR count). The molecular formula is C13H18FNO. The van der Waals surface area contributed by atoms with Crippen molar-refractivity contribution in [2.45, 2.75) is 31.5 Å². The molecule has 0 bridgehead atoms. The standard InChI is InChI=1S/C13H18FNO/c14-11(5-7-15)9-13-12-4-2-1-3-10(12)6-8-16-13/h1-4,11,13H,5-9,15H2. The van der Waals surface area contributed by atoms with Crippen molar-refractivity contribution >= 4 is 0 Å². The van der Waals surface area contributed by atoms with Crippen LogP contribution in [0.5, 0.6) is 0 Å². The zero-order valence-corrected chi connectivity index (χ0v) is 9.36. The third-order valence-electron chi connectivity index (χ3n) is 3.04. The predicted octanol–water partition coefficient (Wildman–Crippen LogP) is 2.38. The van der Waals surface area contributed by atoms with Gasteiger partial charge in [-0.2, -0.15) is 0 Å². The molecule has 16 heavy (non-hydrogen) atoms. The predicted molar refractivity (Wildman–Crippen MR) is 62.0 cm³/mol. The van der Waals surface area contributed by atoms with Gasteiger partial charge in [0.1, 0.15) is 6.17 Å². The molecule has 0 aliphatic carbocycles. The molecule has 1 heterocycles. The fourth-order valence-corrected chi connectivity index (χ4v) is 2.20. The maximum atomic E-state index is 13.5. The highest BCUT2D eigenvalue weighted by molar-refractivity contribution is 5.30. The lowest BCUT2D eigenvalue weighted by Gasteiger charge is -2.27. The SMILES string of the molecule is NCCC(F)CC1OCCc2ccccc21. The molecule has 2 unspecified atom stereocenters. The highest BCUT2D eigenvalue weighted by Crippen LogP contribution is 2.31. The second kappa shape index (κ2) is 5.41. The number of benzene rings is 1. The molecule has 88 valence electrons. The minimum atomic E-state index is -0.860. The van der Waals surface area contributed by atoms with Crippen molar-refractivity contribution in [1.82, 2.24) is 0 Å². The van der Waals surface area contributed by atoms with Crippen LogP contribution in [0.2, 0.25) is 0 Å². The molecule has 0 spiro atoms. The van der Waals surface area contributed by atoms with Gasteiger partial charge in [-0.1, -0.05) is 24.3 Å². The molecule has 2 atom stereocenters. The maximum absolute atomic E-state index is 13.5. The van der Waals surface area contributed by atoms with Gasteiger partial charge >= 0.3 is 0 Å². The van der Waals surface area contributed by atoms with Crippen molar-refractivity contribution < 1.29 is 9.13 Å². The number of ether oxygens (including phenoxy) is 1. The zero-order valence-electron chi connectivity index (χ0n) is 9.36. The number of hydrogen-bond acceptors (Lipinski definition) is 2. The first-order chi connectivity index (χ1) is 7.81. The number of nitrogens with two attached hydrogens (primary N) is 1. The molecule has 1 aliphatic heterocycles. The maximum Gasteiger partial charge on any atom is 0.104 e. The van der Waals surface area contributed by atoms with Crippen LogP contribution in [0.25, 0.3) is 0 Å². The summed E-state index contributed by atoms with van der Waals surface area (Å²) < 4.78 is 19.2. The number of hydrogen-bond donors (Lipinski definition) is 1. The van der Waals surface area contributed by atoms with E-state index in [1.807, 2.05) is 18.2 Å². The summed E-state index contributed by atoms with van der Waals surface area (Å²) in [6.45, 7) is 1.09. The van der Waals surface area contributed by atoms with Crippen LogP contribution < -0.4 is 5.73 Å². The first-order valence-electron chi connectivity index (χ1n) is 5.85. The van der Waals surface area contributed by atoms with E-state index in [1.165, 1.54) is 5.56 Å². The van der Waals surface area contributed by atoms with Crippen molar-refractivity contribution in [2.24, 2.45) is 5.73 Å². The zero-order chi connectivity index (χ0) is 11.4. The van der Waals surface area contributed by atoms with E-state index in [2.05, 4.69) is 6.07 Å². The average molecular weight is 223 g/mol. The molecule has 3 heteroatoms. The van der Waals surface area contributed by atoms with Crippen molar-refractivity contribution in [3.63, 3.8) is 0 Å². The van der Waals surface area contributed by atoms with Crippen molar-refractivity contribution in [3.8, 4) is 0 Å². The summed E-state index contributed by atoms with van der Waals surface area (Å²) in [6, 6.07) is 8.14. The lowest BCUT2D eigenvalue weighted by molar-refractivity contribution is 0.0195. The highest BCUT2D eigenvalue weighted by atomic mass is 19.1. The lowest BCUT2D eigenvalue weighted by Crippen LogP contribution is -2.20. The van der Waals surface area contributed by atoms with Crippen molar-refractivity contribution in [1.29, 1.82) is 0 Å². The van der Waals surface area contributed by atoms with E-state index in [0.717, 1.165) is 12.0 Å². The topological polar surface area (TPSA) is 35.2 Å². The quantitative estimate of drug-likeness (QED) is 0.850. The molecule has 0 aromatic heterocycles. The molecule has 1 aliphatic rings. The summed E-state index contributed by atoms with van der Waals surface area (Å²) in [5.41, 5.74) is 7.79. The van der Waals surface area contributed by atoms with E-state index in [-0.39, 0.29) is 6.10 Å². The number of alkyl halides is 1. The second-order valence-corrected chi connectivity index (χ2v) is 4.22. The van der Waals surface area contributed by atoms with E-state index in [9.17, 15) is 4.39 Å². The summed E-state index contributed by atoms with van der Waals surface area (Å²) in [5.74, 6) is 0. The smallest absolute Gasteiger partial charge is 0.104 e. The Morgan fingerprint density at radius 1 is 1.44 bits per heavy atom. The Labute approximate surface area is 95.6 Å². The molecular weight excluding hydrogens is 205 g/mol. The van der Waals surface area contributed by atoms with E-state index in [1.54, 1.807) is 0 Å². The van der Waals surface area contributed by atoms with Crippen LogP contribution in [0.15, 0.2) is 24.3 Å². The summed E-state index contributed by atoms with van der Waals surface area (Å²) in [7, 11) is 0. The Bertz CT molecular complexity index is 342. The Hall–Kier alpha value is -0.930. The first-order valence-corrected chi connectivity index (χ1v) is 5.85. The molecule has 1 aromatic carbocycles. The molecule has 0 saturated carbocycles. The molecule has 0 saturated heterocycles. The average Bonchev–Trinajstić information content (AvgIpc) is 2.30. The third kappa shape index (κ3) is 2.60. The fraction of sp³-hybridized carbons (Fsp3) is 0.538. The van der Waals surface area contributed by atoms with Gasteiger partial charge in [-0.05, 0) is 30.5 Å². The Morgan fingerprint density at radius 3 is 3.06 bits per heavy atom. The van der Waals surface area contributed by atoms with Gasteiger partial charge in [-0.25, -0.2) is 4.39 Å². The van der Waals surface area contributed by atoms with Gasteiger partial charge < -0.3 is 10.5 Å². The molecule has 0 fully saturated rings. The van der Waals surface area contributed by atoms with Crippen LogP contribution in [-0.4, -0.2) is 19.3 Å². The molecule has 2 nitrogen and oxygen atoms in total. The Balaban J connectivity index is 2.07. The van der Waals surface area contributed by atoms with Gasteiger partial charge in [0.05, 0.1) is 12.7 Å². The van der Waals surface area contributed by atoms with Gasteiger partial charge in [0.15, 0.2) is 0 Å².